The molecule has 0 saturated carbocycles. The summed E-state index contributed by atoms with van der Waals surface area (Å²) < 4.78 is 39.8. The van der Waals surface area contributed by atoms with Crippen molar-refractivity contribution < 1.29 is 18.0 Å². The highest BCUT2D eigenvalue weighted by Crippen LogP contribution is 2.35. The van der Waals surface area contributed by atoms with Gasteiger partial charge in [0.2, 0.25) is 0 Å². The van der Waals surface area contributed by atoms with E-state index in [2.05, 4.69) is 4.99 Å². The van der Waals surface area contributed by atoms with Gasteiger partial charge in [-0.25, -0.2) is 4.99 Å². The number of fused-ring (bicyclic) bond motifs is 1. The molecule has 2 nitrogen and oxygen atoms in total. The van der Waals surface area contributed by atoms with Crippen molar-refractivity contribution in [1.29, 1.82) is 0 Å². The summed E-state index contributed by atoms with van der Waals surface area (Å²) in [5.41, 5.74) is 0.619. The first-order valence-electron chi connectivity index (χ1n) is 6.27. The number of benzene rings is 2. The van der Waals surface area contributed by atoms with Crippen molar-refractivity contribution >= 4 is 12.0 Å². The van der Waals surface area contributed by atoms with E-state index in [9.17, 15) is 18.0 Å². The fourth-order valence-corrected chi connectivity index (χ4v) is 2.39. The fraction of sp³-hybridized carbons (Fsp3) is 0.125. The second-order valence-electron chi connectivity index (χ2n) is 4.92. The molecule has 0 fully saturated rings. The van der Waals surface area contributed by atoms with Crippen LogP contribution in [-0.4, -0.2) is 5.91 Å². The first-order chi connectivity index (χ1) is 9.84. The molecule has 5 heteroatoms. The highest BCUT2D eigenvalue weighted by molar-refractivity contribution is 6.06. The zero-order valence-electron chi connectivity index (χ0n) is 11.0. The maximum atomic E-state index is 13.3. The molecule has 3 rings (SSSR count). The Bertz CT molecular complexity index is 866. The Morgan fingerprint density at radius 3 is 2.52 bits per heavy atom. The van der Waals surface area contributed by atoms with Gasteiger partial charge in [0.25, 0.3) is 5.91 Å². The van der Waals surface area contributed by atoms with Crippen molar-refractivity contribution in [3.8, 4) is 11.1 Å². The van der Waals surface area contributed by atoms with Crippen LogP contribution in [0, 0.1) is 6.92 Å². The molecule has 0 unspecified atom stereocenters. The minimum Gasteiger partial charge on any atom is -0.267 e. The number of aryl methyl sites for hydroxylation is 1. The molecule has 0 spiro atoms. The Morgan fingerprint density at radius 2 is 1.86 bits per heavy atom. The molecule has 2 aromatic rings. The van der Waals surface area contributed by atoms with Crippen LogP contribution in [-0.2, 0) is 11.0 Å². The Labute approximate surface area is 118 Å². The molecule has 1 aliphatic rings. The summed E-state index contributed by atoms with van der Waals surface area (Å²) in [4.78, 5) is 14.8. The van der Waals surface area contributed by atoms with Crippen LogP contribution in [0.15, 0.2) is 41.4 Å². The van der Waals surface area contributed by atoms with E-state index in [1.54, 1.807) is 18.2 Å². The Balaban J connectivity index is 2.35. The molecule has 0 saturated heterocycles. The van der Waals surface area contributed by atoms with Gasteiger partial charge in [0.1, 0.15) is 0 Å². The van der Waals surface area contributed by atoms with Gasteiger partial charge in [-0.2, -0.15) is 13.2 Å². The molecule has 1 amide bonds. The number of hydrogen-bond acceptors (Lipinski definition) is 1. The third kappa shape index (κ3) is 2.46. The van der Waals surface area contributed by atoms with Gasteiger partial charge in [-0.15, -0.1) is 0 Å². The quantitative estimate of drug-likeness (QED) is 0.793. The van der Waals surface area contributed by atoms with Crippen LogP contribution in [0.25, 0.3) is 17.2 Å². The zero-order chi connectivity index (χ0) is 15.2. The maximum Gasteiger partial charge on any atom is 0.417 e. The van der Waals surface area contributed by atoms with E-state index in [4.69, 9.17) is 0 Å². The van der Waals surface area contributed by atoms with E-state index >= 15 is 0 Å². The topological polar surface area (TPSA) is 29.4 Å². The van der Waals surface area contributed by atoms with Gasteiger partial charge in [-0.3, -0.25) is 4.79 Å². The van der Waals surface area contributed by atoms with Crippen LogP contribution in [0.5, 0.6) is 0 Å². The summed E-state index contributed by atoms with van der Waals surface area (Å²) in [7, 11) is 0. The molecule has 2 aromatic carbocycles. The fourth-order valence-electron chi connectivity index (χ4n) is 2.39. The molecule has 106 valence electrons. The smallest absolute Gasteiger partial charge is 0.267 e. The van der Waals surface area contributed by atoms with Crippen molar-refractivity contribution in [2.45, 2.75) is 13.1 Å². The Hall–Kier alpha value is -2.43. The molecule has 1 heterocycles. The Morgan fingerprint density at radius 1 is 1.10 bits per heavy atom. The standard InChI is InChI=1S/C16H10F3NO/c1-9-3-2-4-10(5-9)12-6-11-7-15(21)20-14(11)8-13(12)16(17,18)19/h2-8H,1H3. The number of carbonyl (C=O) groups excluding carboxylic acids is 1. The van der Waals surface area contributed by atoms with Crippen LogP contribution in [0.4, 0.5) is 13.2 Å². The van der Waals surface area contributed by atoms with Gasteiger partial charge < -0.3 is 0 Å². The number of nitrogens with zero attached hydrogens (tertiary/aromatic N) is 1. The number of amides is 1. The summed E-state index contributed by atoms with van der Waals surface area (Å²) in [5.74, 6) is -0.528. The minimum atomic E-state index is -4.50. The Kier molecular flexibility index (Phi) is 2.93. The highest BCUT2D eigenvalue weighted by Gasteiger charge is 2.34. The van der Waals surface area contributed by atoms with Gasteiger partial charge in [0.15, 0.2) is 0 Å². The van der Waals surface area contributed by atoms with E-state index in [1.807, 2.05) is 13.0 Å². The van der Waals surface area contributed by atoms with Crippen molar-refractivity contribution in [2.24, 2.45) is 4.99 Å². The van der Waals surface area contributed by atoms with Crippen LogP contribution in [0.1, 0.15) is 11.1 Å². The van der Waals surface area contributed by atoms with Crippen LogP contribution in [0.3, 0.4) is 0 Å². The normalized spacial score (nSPS) is 13.6. The number of carbonyl (C=O) groups is 1. The van der Waals surface area contributed by atoms with E-state index in [0.717, 1.165) is 11.6 Å². The van der Waals surface area contributed by atoms with Gasteiger partial charge in [-0.05, 0) is 30.2 Å². The van der Waals surface area contributed by atoms with Crippen LogP contribution in [0.2, 0.25) is 0 Å². The van der Waals surface area contributed by atoms with Crippen molar-refractivity contribution in [3.05, 3.63) is 58.1 Å². The lowest BCUT2D eigenvalue weighted by Gasteiger charge is -2.13. The number of hydrogen-bond donors (Lipinski definition) is 0. The molecule has 0 aromatic heterocycles. The lowest BCUT2D eigenvalue weighted by Crippen LogP contribution is -2.25. The molecule has 0 radical (unpaired) electrons. The average molecular weight is 289 g/mol. The van der Waals surface area contributed by atoms with E-state index in [1.165, 1.54) is 12.1 Å². The average Bonchev–Trinajstić information content (AvgIpc) is 2.75. The predicted molar refractivity (Wildman–Crippen MR) is 71.9 cm³/mol. The van der Waals surface area contributed by atoms with Crippen molar-refractivity contribution in [2.75, 3.05) is 0 Å². The lowest BCUT2D eigenvalue weighted by molar-refractivity contribution is -0.137. The molecule has 0 N–H and O–H groups in total. The third-order valence-electron chi connectivity index (χ3n) is 3.31. The largest absolute Gasteiger partial charge is 0.417 e. The lowest BCUT2D eigenvalue weighted by atomic mass is 9.97. The summed E-state index contributed by atoms with van der Waals surface area (Å²) in [6, 6.07) is 9.14. The first-order valence-corrected chi connectivity index (χ1v) is 6.27. The van der Waals surface area contributed by atoms with Gasteiger partial charge in [0.05, 0.1) is 10.9 Å². The second kappa shape index (κ2) is 4.55. The maximum absolute atomic E-state index is 13.3. The van der Waals surface area contributed by atoms with Gasteiger partial charge >= 0.3 is 6.18 Å². The number of rotatable bonds is 1. The molecule has 21 heavy (non-hydrogen) atoms. The number of halogens is 3. The summed E-state index contributed by atoms with van der Waals surface area (Å²) in [6.07, 6.45) is -3.26. The van der Waals surface area contributed by atoms with Gasteiger partial charge in [0, 0.05) is 11.3 Å². The van der Waals surface area contributed by atoms with Crippen LogP contribution < -0.4 is 10.6 Å². The molecule has 0 bridgehead atoms. The van der Waals surface area contributed by atoms with Crippen molar-refractivity contribution in [1.82, 2.24) is 0 Å². The summed E-state index contributed by atoms with van der Waals surface area (Å²) >= 11 is 0. The second-order valence-corrected chi connectivity index (χ2v) is 4.92. The zero-order valence-corrected chi connectivity index (χ0v) is 11.0. The summed E-state index contributed by atoms with van der Waals surface area (Å²) in [6.45, 7) is 1.81. The van der Waals surface area contributed by atoms with Crippen molar-refractivity contribution in [3.63, 3.8) is 0 Å². The molecular formula is C16H10F3NO. The highest BCUT2D eigenvalue weighted by atomic mass is 19.4. The van der Waals surface area contributed by atoms with E-state index < -0.39 is 17.6 Å². The molecule has 1 aliphatic heterocycles. The molecule has 0 atom stereocenters. The van der Waals surface area contributed by atoms with Gasteiger partial charge in [-0.1, -0.05) is 29.8 Å². The van der Waals surface area contributed by atoms with E-state index in [-0.39, 0.29) is 10.9 Å². The SMILES string of the molecule is Cc1cccc(-c2cc3c(cc2C(F)(F)F)=NC(=O)C=3)c1. The molecule has 0 aliphatic carbocycles. The first kappa shape index (κ1) is 13.5. The minimum absolute atomic E-state index is 0.0612. The van der Waals surface area contributed by atoms with E-state index in [0.29, 0.717) is 10.8 Å². The summed E-state index contributed by atoms with van der Waals surface area (Å²) in [5, 5.41) is 0.494. The van der Waals surface area contributed by atoms with Crippen LogP contribution >= 0.6 is 0 Å². The molecular weight excluding hydrogens is 279 g/mol. The monoisotopic (exact) mass is 289 g/mol. The predicted octanol–water partition coefficient (Wildman–Crippen LogP) is 2.62. The third-order valence-corrected chi connectivity index (χ3v) is 3.31. The number of alkyl halides is 3.